The highest BCUT2D eigenvalue weighted by Gasteiger charge is 2.08. The lowest BCUT2D eigenvalue weighted by atomic mass is 10.2. The van der Waals surface area contributed by atoms with Crippen LogP contribution in [0.15, 0.2) is 35.0 Å². The number of thiocarbonyl (C=S) groups is 1. The van der Waals surface area contributed by atoms with Crippen molar-refractivity contribution >= 4 is 34.5 Å². The van der Waals surface area contributed by atoms with E-state index >= 15 is 0 Å². The smallest absolute Gasteiger partial charge is 0.258 e. The van der Waals surface area contributed by atoms with Gasteiger partial charge < -0.3 is 15.8 Å². The number of thiophene rings is 1. The summed E-state index contributed by atoms with van der Waals surface area (Å²) in [7, 11) is 0. The average molecular weight is 320 g/mol. The fourth-order valence-corrected chi connectivity index (χ4v) is 2.78. The Morgan fingerprint density at radius 3 is 2.81 bits per heavy atom. The second kappa shape index (κ2) is 7.19. The van der Waals surface area contributed by atoms with E-state index < -0.39 is 0 Å². The molecule has 21 heavy (non-hydrogen) atoms. The standard InChI is InChI=1S/C15H16N2O2S2/c1-10-8-21-9-11(10)6-17-14(18)7-19-13-5-3-2-4-12(13)15(16)20/h2-5,8-9H,6-7H2,1H3,(H2,16,20)(H,17,18). The second-order valence-corrected chi connectivity index (χ2v) is 5.69. The molecule has 0 bridgehead atoms. The maximum Gasteiger partial charge on any atom is 0.258 e. The summed E-state index contributed by atoms with van der Waals surface area (Å²) in [5, 5.41) is 6.90. The average Bonchev–Trinajstić information content (AvgIpc) is 2.88. The third-order valence-corrected chi connectivity index (χ3v) is 4.08. The van der Waals surface area contributed by atoms with Gasteiger partial charge in [0, 0.05) is 6.54 Å². The van der Waals surface area contributed by atoms with Crippen LogP contribution in [-0.2, 0) is 11.3 Å². The van der Waals surface area contributed by atoms with Crippen molar-refractivity contribution in [1.82, 2.24) is 5.32 Å². The molecule has 0 unspecified atom stereocenters. The van der Waals surface area contributed by atoms with Crippen molar-refractivity contribution < 1.29 is 9.53 Å². The zero-order valence-corrected chi connectivity index (χ0v) is 13.2. The number of carbonyl (C=O) groups excluding carboxylic acids is 1. The lowest BCUT2D eigenvalue weighted by Gasteiger charge is -2.10. The third kappa shape index (κ3) is 4.27. The van der Waals surface area contributed by atoms with E-state index in [0.29, 0.717) is 17.9 Å². The van der Waals surface area contributed by atoms with E-state index in [9.17, 15) is 4.79 Å². The largest absolute Gasteiger partial charge is 0.483 e. The summed E-state index contributed by atoms with van der Waals surface area (Å²) in [5.74, 6) is 0.338. The lowest BCUT2D eigenvalue weighted by molar-refractivity contribution is -0.123. The van der Waals surface area contributed by atoms with E-state index in [1.54, 1.807) is 23.5 Å². The van der Waals surface area contributed by atoms with Gasteiger partial charge in [0.1, 0.15) is 10.7 Å². The summed E-state index contributed by atoms with van der Waals surface area (Å²) in [4.78, 5) is 12.1. The highest BCUT2D eigenvalue weighted by atomic mass is 32.1. The third-order valence-electron chi connectivity index (χ3n) is 2.95. The highest BCUT2D eigenvalue weighted by Crippen LogP contribution is 2.17. The van der Waals surface area contributed by atoms with E-state index in [1.807, 2.05) is 24.4 Å². The van der Waals surface area contributed by atoms with E-state index in [-0.39, 0.29) is 17.5 Å². The van der Waals surface area contributed by atoms with Gasteiger partial charge in [-0.25, -0.2) is 0 Å². The summed E-state index contributed by atoms with van der Waals surface area (Å²) >= 11 is 6.57. The van der Waals surface area contributed by atoms with Gasteiger partial charge in [0.2, 0.25) is 0 Å². The molecule has 1 amide bonds. The maximum atomic E-state index is 11.8. The molecule has 0 aliphatic heterocycles. The van der Waals surface area contributed by atoms with Crippen molar-refractivity contribution in [2.75, 3.05) is 6.61 Å². The van der Waals surface area contributed by atoms with Crippen molar-refractivity contribution in [1.29, 1.82) is 0 Å². The van der Waals surface area contributed by atoms with Crippen molar-refractivity contribution in [3.8, 4) is 5.75 Å². The number of benzene rings is 1. The van der Waals surface area contributed by atoms with Gasteiger partial charge in [0.25, 0.3) is 5.91 Å². The Bertz CT molecular complexity index is 653. The van der Waals surface area contributed by atoms with Gasteiger partial charge in [-0.05, 0) is 40.9 Å². The fourth-order valence-electron chi connectivity index (χ4n) is 1.75. The molecule has 0 saturated carbocycles. The Balaban J connectivity index is 1.87. The first kappa shape index (κ1) is 15.5. The predicted octanol–water partition coefficient (Wildman–Crippen LogP) is 2.39. The topological polar surface area (TPSA) is 64.3 Å². The van der Waals surface area contributed by atoms with E-state index in [1.165, 1.54) is 5.56 Å². The Hall–Kier alpha value is -1.92. The van der Waals surface area contributed by atoms with Gasteiger partial charge in [0.15, 0.2) is 6.61 Å². The van der Waals surface area contributed by atoms with Crippen LogP contribution in [0.25, 0.3) is 0 Å². The highest BCUT2D eigenvalue weighted by molar-refractivity contribution is 7.80. The fraction of sp³-hybridized carbons (Fsp3) is 0.200. The number of aryl methyl sites for hydroxylation is 1. The summed E-state index contributed by atoms with van der Waals surface area (Å²) in [5.41, 5.74) is 8.55. The number of amides is 1. The Labute approximate surface area is 132 Å². The Kier molecular flexibility index (Phi) is 5.30. The summed E-state index contributed by atoms with van der Waals surface area (Å²) in [6, 6.07) is 7.14. The van der Waals surface area contributed by atoms with Crippen LogP contribution in [-0.4, -0.2) is 17.5 Å². The second-order valence-electron chi connectivity index (χ2n) is 4.51. The lowest BCUT2D eigenvalue weighted by Crippen LogP contribution is -2.28. The SMILES string of the molecule is Cc1cscc1CNC(=O)COc1ccccc1C(N)=S. The van der Waals surface area contributed by atoms with Crippen molar-refractivity contribution in [3.63, 3.8) is 0 Å². The van der Waals surface area contributed by atoms with Crippen LogP contribution in [0.5, 0.6) is 5.75 Å². The minimum atomic E-state index is -0.182. The van der Waals surface area contributed by atoms with Gasteiger partial charge in [-0.3, -0.25) is 4.79 Å². The monoisotopic (exact) mass is 320 g/mol. The normalized spacial score (nSPS) is 10.1. The molecule has 1 heterocycles. The van der Waals surface area contributed by atoms with Crippen LogP contribution in [0.2, 0.25) is 0 Å². The van der Waals surface area contributed by atoms with Crippen LogP contribution < -0.4 is 15.8 Å². The van der Waals surface area contributed by atoms with Crippen LogP contribution in [0.3, 0.4) is 0 Å². The number of rotatable bonds is 6. The number of nitrogens with two attached hydrogens (primary N) is 1. The number of hydrogen-bond acceptors (Lipinski definition) is 4. The Morgan fingerprint density at radius 2 is 2.14 bits per heavy atom. The van der Waals surface area contributed by atoms with Crippen LogP contribution in [0, 0.1) is 6.92 Å². The molecule has 0 spiro atoms. The van der Waals surface area contributed by atoms with Crippen LogP contribution >= 0.6 is 23.6 Å². The molecule has 3 N–H and O–H groups in total. The van der Waals surface area contributed by atoms with Gasteiger partial charge >= 0.3 is 0 Å². The van der Waals surface area contributed by atoms with Crippen molar-refractivity contribution in [3.05, 3.63) is 51.7 Å². The molecule has 6 heteroatoms. The molecule has 0 aliphatic carbocycles. The zero-order valence-electron chi connectivity index (χ0n) is 11.6. The first-order chi connectivity index (χ1) is 10.1. The van der Waals surface area contributed by atoms with Gasteiger partial charge in [-0.15, -0.1) is 0 Å². The number of nitrogens with one attached hydrogen (secondary N) is 1. The van der Waals surface area contributed by atoms with Gasteiger partial charge in [-0.1, -0.05) is 24.4 Å². The minimum Gasteiger partial charge on any atom is -0.483 e. The number of hydrogen-bond donors (Lipinski definition) is 2. The number of carbonyl (C=O) groups is 1. The molecule has 2 rings (SSSR count). The molecule has 110 valence electrons. The quantitative estimate of drug-likeness (QED) is 0.802. The predicted molar refractivity (Wildman–Crippen MR) is 88.7 cm³/mol. The molecule has 0 aliphatic rings. The molecular formula is C15H16N2O2S2. The summed E-state index contributed by atoms with van der Waals surface area (Å²) in [6.07, 6.45) is 0. The molecule has 2 aromatic rings. The van der Waals surface area contributed by atoms with Crippen molar-refractivity contribution in [2.45, 2.75) is 13.5 Å². The molecule has 0 fully saturated rings. The van der Waals surface area contributed by atoms with E-state index in [4.69, 9.17) is 22.7 Å². The van der Waals surface area contributed by atoms with Crippen LogP contribution in [0.1, 0.15) is 16.7 Å². The maximum absolute atomic E-state index is 11.8. The summed E-state index contributed by atoms with van der Waals surface area (Å²) in [6.45, 7) is 2.46. The molecule has 1 aromatic carbocycles. The number of para-hydroxylation sites is 1. The molecular weight excluding hydrogens is 304 g/mol. The first-order valence-corrected chi connectivity index (χ1v) is 7.73. The zero-order chi connectivity index (χ0) is 15.2. The van der Waals surface area contributed by atoms with E-state index in [0.717, 1.165) is 5.56 Å². The number of ether oxygens (including phenoxy) is 1. The Morgan fingerprint density at radius 1 is 1.38 bits per heavy atom. The molecule has 1 aromatic heterocycles. The summed E-state index contributed by atoms with van der Waals surface area (Å²) < 4.78 is 5.48. The molecule has 0 saturated heterocycles. The first-order valence-electron chi connectivity index (χ1n) is 6.38. The van der Waals surface area contributed by atoms with Crippen LogP contribution in [0.4, 0.5) is 0 Å². The van der Waals surface area contributed by atoms with Crippen molar-refractivity contribution in [2.24, 2.45) is 5.73 Å². The molecule has 0 atom stereocenters. The molecule has 4 nitrogen and oxygen atoms in total. The molecule has 0 radical (unpaired) electrons. The minimum absolute atomic E-state index is 0.0667. The van der Waals surface area contributed by atoms with Gasteiger partial charge in [-0.2, -0.15) is 11.3 Å². The van der Waals surface area contributed by atoms with E-state index in [2.05, 4.69) is 10.7 Å². The van der Waals surface area contributed by atoms with Gasteiger partial charge in [0.05, 0.1) is 5.56 Å².